The molecule has 6 nitrogen and oxygen atoms in total. The average Bonchev–Trinajstić information content (AvgIpc) is 3.23. The number of carbonyl (C=O) groups excluding carboxylic acids is 3. The van der Waals surface area contributed by atoms with Gasteiger partial charge in [-0.15, -0.1) is 11.3 Å². The first kappa shape index (κ1) is 20.3. The van der Waals surface area contributed by atoms with Crippen LogP contribution in [0.15, 0.2) is 53.9 Å². The third-order valence-electron chi connectivity index (χ3n) is 3.95. The van der Waals surface area contributed by atoms with Gasteiger partial charge in [-0.25, -0.2) is 14.2 Å². The fourth-order valence-electron chi connectivity index (χ4n) is 2.37. The summed E-state index contributed by atoms with van der Waals surface area (Å²) in [5.74, 6) is -1.57. The van der Waals surface area contributed by atoms with Gasteiger partial charge < -0.3 is 10.1 Å². The van der Waals surface area contributed by atoms with Gasteiger partial charge in [0.25, 0.3) is 0 Å². The number of esters is 1. The van der Waals surface area contributed by atoms with Gasteiger partial charge in [0.1, 0.15) is 10.8 Å². The van der Waals surface area contributed by atoms with Crippen LogP contribution in [0.2, 0.25) is 0 Å². The molecule has 0 fully saturated rings. The number of ketones is 1. The van der Waals surface area contributed by atoms with Crippen molar-refractivity contribution in [3.8, 4) is 10.6 Å². The zero-order valence-corrected chi connectivity index (χ0v) is 16.3. The maximum atomic E-state index is 13.0. The first-order chi connectivity index (χ1) is 14.0. The van der Waals surface area contributed by atoms with Gasteiger partial charge in [-0.05, 0) is 48.5 Å². The second kappa shape index (κ2) is 9.20. The Morgan fingerprint density at radius 2 is 1.76 bits per heavy atom. The lowest BCUT2D eigenvalue weighted by molar-refractivity contribution is -0.115. The summed E-state index contributed by atoms with van der Waals surface area (Å²) in [6, 6.07) is 12.1. The molecule has 0 radical (unpaired) electrons. The van der Waals surface area contributed by atoms with Gasteiger partial charge >= 0.3 is 5.97 Å². The molecule has 0 atom stereocenters. The smallest absolute Gasteiger partial charge is 0.358 e. The van der Waals surface area contributed by atoms with E-state index in [0.29, 0.717) is 28.2 Å². The van der Waals surface area contributed by atoms with E-state index in [-0.39, 0.29) is 23.2 Å². The van der Waals surface area contributed by atoms with E-state index in [4.69, 9.17) is 4.74 Å². The van der Waals surface area contributed by atoms with Crippen molar-refractivity contribution in [3.63, 3.8) is 0 Å². The van der Waals surface area contributed by atoms with Crippen LogP contribution in [0.5, 0.6) is 0 Å². The lowest BCUT2D eigenvalue weighted by Crippen LogP contribution is -2.15. The van der Waals surface area contributed by atoms with Crippen molar-refractivity contribution in [1.29, 1.82) is 0 Å². The Morgan fingerprint density at radius 1 is 1.07 bits per heavy atom. The molecular weight excluding hydrogens is 395 g/mol. The highest BCUT2D eigenvalue weighted by Crippen LogP contribution is 2.24. The Hall–Kier alpha value is -3.39. The Balaban J connectivity index is 1.57. The minimum Gasteiger partial charge on any atom is -0.453 e. The van der Waals surface area contributed by atoms with E-state index < -0.39 is 12.6 Å². The van der Waals surface area contributed by atoms with Crippen molar-refractivity contribution in [2.75, 3.05) is 11.9 Å². The van der Waals surface area contributed by atoms with Gasteiger partial charge in [-0.2, -0.15) is 0 Å². The zero-order chi connectivity index (χ0) is 20.8. The number of Topliss-reactive ketones (excluding diaryl/α,β-unsaturated/α-hetero) is 1. The van der Waals surface area contributed by atoms with Crippen LogP contribution < -0.4 is 5.32 Å². The lowest BCUT2D eigenvalue weighted by Gasteiger charge is -2.05. The number of anilines is 1. The van der Waals surface area contributed by atoms with E-state index in [9.17, 15) is 18.8 Å². The minimum atomic E-state index is -0.713. The fraction of sp³-hybridized carbons (Fsp3) is 0.143. The molecule has 0 aliphatic carbocycles. The van der Waals surface area contributed by atoms with Crippen molar-refractivity contribution in [2.24, 2.45) is 0 Å². The van der Waals surface area contributed by atoms with Crippen LogP contribution in [0.25, 0.3) is 10.6 Å². The van der Waals surface area contributed by atoms with Crippen LogP contribution in [0.4, 0.5) is 10.1 Å². The molecular formula is C21H17FN2O4S. The quantitative estimate of drug-likeness (QED) is 0.461. The molecule has 0 aliphatic heterocycles. The van der Waals surface area contributed by atoms with E-state index in [2.05, 4.69) is 10.3 Å². The molecule has 0 unspecified atom stereocenters. The van der Waals surface area contributed by atoms with Crippen LogP contribution in [0, 0.1) is 5.82 Å². The molecule has 3 rings (SSSR count). The van der Waals surface area contributed by atoms with Crippen LogP contribution in [0.1, 0.15) is 34.2 Å². The number of nitrogens with zero attached hydrogens (tertiary/aromatic N) is 1. The molecule has 0 aliphatic rings. The molecule has 1 heterocycles. The number of hydrogen-bond donors (Lipinski definition) is 1. The number of ether oxygens (including phenoxy) is 1. The Labute approximate surface area is 170 Å². The summed E-state index contributed by atoms with van der Waals surface area (Å²) in [7, 11) is 0. The lowest BCUT2D eigenvalue weighted by atomic mass is 10.1. The predicted molar refractivity (Wildman–Crippen MR) is 107 cm³/mol. The maximum Gasteiger partial charge on any atom is 0.358 e. The van der Waals surface area contributed by atoms with Crippen LogP contribution >= 0.6 is 11.3 Å². The summed E-state index contributed by atoms with van der Waals surface area (Å²) in [6.07, 6.45) is 0.357. The highest BCUT2D eigenvalue weighted by molar-refractivity contribution is 7.13. The SMILES string of the molecule is CCC(=O)Nc1ccc(C(=O)COC(=O)c2csc(-c3ccc(F)cc3)n2)cc1. The number of carbonyl (C=O) groups is 3. The Kier molecular flexibility index (Phi) is 6.46. The molecule has 3 aromatic rings. The summed E-state index contributed by atoms with van der Waals surface area (Å²) in [5.41, 5.74) is 1.71. The molecule has 1 N–H and O–H groups in total. The number of nitrogens with one attached hydrogen (secondary N) is 1. The van der Waals surface area contributed by atoms with Crippen molar-refractivity contribution in [1.82, 2.24) is 4.98 Å². The van der Waals surface area contributed by atoms with Gasteiger partial charge in [0.2, 0.25) is 5.91 Å². The summed E-state index contributed by atoms with van der Waals surface area (Å²) in [5, 5.41) is 4.76. The summed E-state index contributed by atoms with van der Waals surface area (Å²) >= 11 is 1.22. The van der Waals surface area contributed by atoms with Crippen molar-refractivity contribution >= 4 is 34.7 Å². The Morgan fingerprint density at radius 3 is 2.41 bits per heavy atom. The van der Waals surface area contributed by atoms with E-state index in [1.807, 2.05) is 0 Å². The van der Waals surface area contributed by atoms with E-state index in [0.717, 1.165) is 0 Å². The third kappa shape index (κ3) is 5.32. The molecule has 1 aromatic heterocycles. The second-order valence-electron chi connectivity index (χ2n) is 6.02. The number of aromatic nitrogens is 1. The van der Waals surface area contributed by atoms with Gasteiger partial charge in [-0.1, -0.05) is 6.92 Å². The number of amides is 1. The summed E-state index contributed by atoms with van der Waals surface area (Å²) in [6.45, 7) is 1.31. The van der Waals surface area contributed by atoms with E-state index in [1.165, 1.54) is 28.8 Å². The number of hydrogen-bond acceptors (Lipinski definition) is 6. The minimum absolute atomic E-state index is 0.0831. The van der Waals surface area contributed by atoms with Crippen LogP contribution in [-0.2, 0) is 9.53 Å². The molecule has 0 saturated heterocycles. The molecule has 0 spiro atoms. The van der Waals surface area contributed by atoms with Gasteiger partial charge in [0.15, 0.2) is 18.1 Å². The van der Waals surface area contributed by atoms with Crippen molar-refractivity contribution in [3.05, 3.63) is 71.0 Å². The number of benzene rings is 2. The standard InChI is InChI=1S/C21H17FN2O4S/c1-2-19(26)23-16-9-5-13(6-10-16)18(25)11-28-21(27)17-12-29-20(24-17)14-3-7-15(22)8-4-14/h3-10,12H,2,11H2,1H3,(H,23,26). The first-order valence-electron chi connectivity index (χ1n) is 8.78. The number of thiazole rings is 1. The molecule has 8 heteroatoms. The second-order valence-corrected chi connectivity index (χ2v) is 6.88. The van der Waals surface area contributed by atoms with Gasteiger partial charge in [-0.3, -0.25) is 9.59 Å². The molecule has 29 heavy (non-hydrogen) atoms. The van der Waals surface area contributed by atoms with Crippen molar-refractivity contribution < 1.29 is 23.5 Å². The molecule has 148 valence electrons. The summed E-state index contributed by atoms with van der Waals surface area (Å²) < 4.78 is 18.1. The number of rotatable bonds is 7. The highest BCUT2D eigenvalue weighted by Gasteiger charge is 2.16. The van der Waals surface area contributed by atoms with Gasteiger partial charge in [0.05, 0.1) is 0 Å². The molecule has 0 bridgehead atoms. The molecule has 1 amide bonds. The first-order valence-corrected chi connectivity index (χ1v) is 9.66. The van der Waals surface area contributed by atoms with E-state index >= 15 is 0 Å². The predicted octanol–water partition coefficient (Wildman–Crippen LogP) is 4.34. The van der Waals surface area contributed by atoms with Crippen LogP contribution in [0.3, 0.4) is 0 Å². The largest absolute Gasteiger partial charge is 0.453 e. The highest BCUT2D eigenvalue weighted by atomic mass is 32.1. The Bertz CT molecular complexity index is 1030. The summed E-state index contributed by atoms with van der Waals surface area (Å²) in [4.78, 5) is 39.9. The third-order valence-corrected chi connectivity index (χ3v) is 4.84. The van der Waals surface area contributed by atoms with Gasteiger partial charge in [0, 0.05) is 28.6 Å². The fourth-order valence-corrected chi connectivity index (χ4v) is 3.17. The molecule has 2 aromatic carbocycles. The van der Waals surface area contributed by atoms with E-state index in [1.54, 1.807) is 43.3 Å². The topological polar surface area (TPSA) is 85.4 Å². The number of halogens is 1. The monoisotopic (exact) mass is 412 g/mol. The van der Waals surface area contributed by atoms with Crippen LogP contribution in [-0.4, -0.2) is 29.3 Å². The normalized spacial score (nSPS) is 10.4. The maximum absolute atomic E-state index is 13.0. The van der Waals surface area contributed by atoms with Crippen molar-refractivity contribution in [2.45, 2.75) is 13.3 Å². The average molecular weight is 412 g/mol. The molecule has 0 saturated carbocycles. The zero-order valence-electron chi connectivity index (χ0n) is 15.5.